The van der Waals surface area contributed by atoms with Crippen molar-refractivity contribution < 1.29 is 0 Å². The second-order valence-electron chi connectivity index (χ2n) is 5.73. The molecular weight excluding hydrogens is 182 g/mol. The summed E-state index contributed by atoms with van der Waals surface area (Å²) in [5.74, 6) is 0. The van der Waals surface area contributed by atoms with Crippen molar-refractivity contribution in [1.29, 1.82) is 0 Å². The summed E-state index contributed by atoms with van der Waals surface area (Å²) >= 11 is 0. The van der Waals surface area contributed by atoms with Gasteiger partial charge in [0.2, 0.25) is 0 Å². The number of hydrogen-bond donors (Lipinski definition) is 1. The minimum Gasteiger partial charge on any atom is -0.330 e. The van der Waals surface area contributed by atoms with Crippen LogP contribution in [0.15, 0.2) is 0 Å². The molecule has 90 valence electrons. The molecule has 0 radical (unpaired) electrons. The first kappa shape index (κ1) is 13.0. The van der Waals surface area contributed by atoms with Crippen LogP contribution < -0.4 is 5.73 Å². The van der Waals surface area contributed by atoms with Crippen molar-refractivity contribution in [2.24, 2.45) is 16.6 Å². The Morgan fingerprint density at radius 2 is 1.73 bits per heavy atom. The summed E-state index contributed by atoms with van der Waals surface area (Å²) in [6.45, 7) is 8.00. The second-order valence-corrected chi connectivity index (χ2v) is 5.73. The average Bonchev–Trinajstić information content (AvgIpc) is 2.24. The van der Waals surface area contributed by atoms with Gasteiger partial charge < -0.3 is 5.73 Å². The Bertz CT molecular complexity index is 182. The van der Waals surface area contributed by atoms with E-state index in [0.717, 1.165) is 6.54 Å². The number of nitrogens with two attached hydrogens (primary N) is 1. The van der Waals surface area contributed by atoms with E-state index in [1.54, 1.807) is 0 Å². The van der Waals surface area contributed by atoms with Gasteiger partial charge in [0.1, 0.15) is 0 Å². The minimum absolute atomic E-state index is 0.603. The van der Waals surface area contributed by atoms with E-state index >= 15 is 0 Å². The molecule has 0 bridgehead atoms. The van der Waals surface area contributed by atoms with Crippen molar-refractivity contribution in [3.63, 3.8) is 0 Å². The van der Waals surface area contributed by atoms with Gasteiger partial charge in [0.25, 0.3) is 0 Å². The maximum absolute atomic E-state index is 5.80. The zero-order valence-electron chi connectivity index (χ0n) is 10.9. The first-order valence-corrected chi connectivity index (χ1v) is 6.84. The molecule has 0 aromatic heterocycles. The van der Waals surface area contributed by atoms with Gasteiger partial charge in [0, 0.05) is 0 Å². The minimum atomic E-state index is 0.603. The monoisotopic (exact) mass is 211 g/mol. The number of rotatable bonds is 7. The molecule has 0 aromatic carbocycles. The molecule has 15 heavy (non-hydrogen) atoms. The fraction of sp³-hybridized carbons (Fsp3) is 1.00. The van der Waals surface area contributed by atoms with Crippen molar-refractivity contribution in [2.75, 3.05) is 6.54 Å². The normalized spacial score (nSPS) is 35.2. The van der Waals surface area contributed by atoms with Crippen LogP contribution in [0.5, 0.6) is 0 Å². The molecule has 2 atom stereocenters. The van der Waals surface area contributed by atoms with Crippen molar-refractivity contribution in [2.45, 2.75) is 72.1 Å². The van der Waals surface area contributed by atoms with Crippen LogP contribution in [0.25, 0.3) is 0 Å². The molecule has 1 rings (SSSR count). The van der Waals surface area contributed by atoms with E-state index < -0.39 is 0 Å². The third-order valence-corrected chi connectivity index (χ3v) is 4.87. The van der Waals surface area contributed by atoms with Gasteiger partial charge in [-0.2, -0.15) is 0 Å². The fourth-order valence-electron chi connectivity index (χ4n) is 3.60. The molecule has 2 unspecified atom stereocenters. The molecule has 1 heteroatoms. The molecule has 1 nitrogen and oxygen atoms in total. The van der Waals surface area contributed by atoms with Gasteiger partial charge in [0.05, 0.1) is 0 Å². The summed E-state index contributed by atoms with van der Waals surface area (Å²) in [6, 6.07) is 0. The molecule has 0 aliphatic heterocycles. The Labute approximate surface area is 95.8 Å². The topological polar surface area (TPSA) is 26.0 Å². The van der Waals surface area contributed by atoms with Crippen LogP contribution in [0.2, 0.25) is 0 Å². The summed E-state index contributed by atoms with van der Waals surface area (Å²) in [5, 5.41) is 0. The van der Waals surface area contributed by atoms with Gasteiger partial charge in [-0.1, -0.05) is 40.0 Å². The largest absolute Gasteiger partial charge is 0.330 e. The Kier molecular flexibility index (Phi) is 4.64. The van der Waals surface area contributed by atoms with Gasteiger partial charge in [-0.25, -0.2) is 0 Å². The van der Waals surface area contributed by atoms with Crippen molar-refractivity contribution in [3.05, 3.63) is 0 Å². The number of unbranched alkanes of at least 4 members (excludes halogenated alkanes) is 1. The molecule has 1 aliphatic carbocycles. The highest BCUT2D eigenvalue weighted by Crippen LogP contribution is 2.63. The average molecular weight is 211 g/mol. The maximum Gasteiger partial charge on any atom is -0.00718 e. The molecule has 0 amide bonds. The Balaban J connectivity index is 2.62. The lowest BCUT2D eigenvalue weighted by molar-refractivity contribution is -0.0865. The summed E-state index contributed by atoms with van der Waals surface area (Å²) in [5.41, 5.74) is 7.02. The van der Waals surface area contributed by atoms with Crippen LogP contribution in [0.3, 0.4) is 0 Å². The highest BCUT2D eigenvalue weighted by Gasteiger charge is 2.53. The Morgan fingerprint density at radius 3 is 2.13 bits per heavy atom. The zero-order chi connectivity index (χ0) is 11.4. The number of hydrogen-bond acceptors (Lipinski definition) is 1. The van der Waals surface area contributed by atoms with E-state index in [1.807, 2.05) is 0 Å². The molecule has 0 heterocycles. The second kappa shape index (κ2) is 5.34. The van der Waals surface area contributed by atoms with E-state index in [4.69, 9.17) is 5.73 Å². The SMILES string of the molecule is CCCCC1(C)CCC1(CCC)CCN. The van der Waals surface area contributed by atoms with Crippen LogP contribution >= 0.6 is 0 Å². The third-order valence-electron chi connectivity index (χ3n) is 4.87. The van der Waals surface area contributed by atoms with E-state index in [2.05, 4.69) is 20.8 Å². The van der Waals surface area contributed by atoms with Gasteiger partial charge in [-0.3, -0.25) is 0 Å². The smallest absolute Gasteiger partial charge is 0.00718 e. The quantitative estimate of drug-likeness (QED) is 0.674. The maximum atomic E-state index is 5.80. The summed E-state index contributed by atoms with van der Waals surface area (Å²) in [6.07, 6.45) is 11.0. The van der Waals surface area contributed by atoms with E-state index in [9.17, 15) is 0 Å². The predicted octanol–water partition coefficient (Wildman–Crippen LogP) is 4.11. The van der Waals surface area contributed by atoms with Crippen LogP contribution in [0, 0.1) is 10.8 Å². The van der Waals surface area contributed by atoms with Gasteiger partial charge in [-0.05, 0) is 49.5 Å². The molecule has 1 aliphatic rings. The van der Waals surface area contributed by atoms with E-state index in [1.165, 1.54) is 51.4 Å². The Hall–Kier alpha value is -0.0400. The first-order chi connectivity index (χ1) is 7.14. The molecule has 0 spiro atoms. The van der Waals surface area contributed by atoms with Crippen molar-refractivity contribution in [3.8, 4) is 0 Å². The standard InChI is InChI=1S/C14H29N/c1-4-6-8-13(3)9-10-14(13,7-5-2)11-12-15/h4-12,15H2,1-3H3. The van der Waals surface area contributed by atoms with Gasteiger partial charge >= 0.3 is 0 Å². The lowest BCUT2D eigenvalue weighted by atomic mass is 9.46. The lowest BCUT2D eigenvalue weighted by Crippen LogP contribution is -2.50. The molecule has 0 saturated heterocycles. The van der Waals surface area contributed by atoms with E-state index in [0.29, 0.717) is 10.8 Å². The van der Waals surface area contributed by atoms with Crippen LogP contribution in [0.4, 0.5) is 0 Å². The highest BCUT2D eigenvalue weighted by molar-refractivity contribution is 5.03. The highest BCUT2D eigenvalue weighted by atomic mass is 14.6. The molecule has 1 fully saturated rings. The van der Waals surface area contributed by atoms with E-state index in [-0.39, 0.29) is 0 Å². The zero-order valence-corrected chi connectivity index (χ0v) is 10.9. The molecular formula is C14H29N. The van der Waals surface area contributed by atoms with Crippen LogP contribution in [0.1, 0.15) is 72.1 Å². The van der Waals surface area contributed by atoms with Gasteiger partial charge in [0.15, 0.2) is 0 Å². The molecule has 2 N–H and O–H groups in total. The van der Waals surface area contributed by atoms with Crippen LogP contribution in [-0.4, -0.2) is 6.54 Å². The van der Waals surface area contributed by atoms with Crippen molar-refractivity contribution in [1.82, 2.24) is 0 Å². The molecule has 1 saturated carbocycles. The third kappa shape index (κ3) is 2.38. The summed E-state index contributed by atoms with van der Waals surface area (Å²) < 4.78 is 0. The fourth-order valence-corrected chi connectivity index (χ4v) is 3.60. The Morgan fingerprint density at radius 1 is 1.00 bits per heavy atom. The lowest BCUT2D eigenvalue weighted by Gasteiger charge is -2.59. The summed E-state index contributed by atoms with van der Waals surface area (Å²) in [7, 11) is 0. The van der Waals surface area contributed by atoms with Crippen molar-refractivity contribution >= 4 is 0 Å². The summed E-state index contributed by atoms with van der Waals surface area (Å²) in [4.78, 5) is 0. The predicted molar refractivity (Wildman–Crippen MR) is 67.9 cm³/mol. The molecule has 0 aromatic rings. The van der Waals surface area contributed by atoms with Gasteiger partial charge in [-0.15, -0.1) is 0 Å². The first-order valence-electron chi connectivity index (χ1n) is 6.84. The van der Waals surface area contributed by atoms with Crippen LogP contribution in [-0.2, 0) is 0 Å².